The molecule has 2 atom stereocenters. The highest BCUT2D eigenvalue weighted by atomic mass is 32.2. The molecule has 31 heavy (non-hydrogen) atoms. The number of nitrogens with zero attached hydrogens (tertiary/aromatic N) is 1. The van der Waals surface area contributed by atoms with Crippen LogP contribution >= 0.6 is 0 Å². The van der Waals surface area contributed by atoms with Crippen molar-refractivity contribution < 1.29 is 26.7 Å². The molecule has 2 aromatic carbocycles. The van der Waals surface area contributed by atoms with Crippen molar-refractivity contribution in [3.63, 3.8) is 0 Å². The van der Waals surface area contributed by atoms with Crippen LogP contribution in [0.15, 0.2) is 54.6 Å². The van der Waals surface area contributed by atoms with Gasteiger partial charge in [0, 0.05) is 12.6 Å². The van der Waals surface area contributed by atoms with Gasteiger partial charge >= 0.3 is 6.09 Å². The molecule has 2 aromatic rings. The zero-order chi connectivity index (χ0) is 22.4. The lowest BCUT2D eigenvalue weighted by molar-refractivity contribution is 0.0171. The fourth-order valence-electron chi connectivity index (χ4n) is 3.92. The van der Waals surface area contributed by atoms with Crippen LogP contribution in [0.25, 0.3) is 11.1 Å². The number of hydrogen-bond acceptors (Lipinski definition) is 4. The third-order valence-electron chi connectivity index (χ3n) is 5.19. The molecule has 3 rings (SSSR count). The number of piperidine rings is 1. The van der Waals surface area contributed by atoms with Crippen molar-refractivity contribution in [1.29, 1.82) is 0 Å². The maximum atomic E-state index is 12.5. The molecule has 0 unspecified atom stereocenters. The van der Waals surface area contributed by atoms with Crippen molar-refractivity contribution in [1.82, 2.24) is 9.62 Å². The molecule has 1 amide bonds. The average Bonchev–Trinajstić information content (AvgIpc) is 2.73. The second-order valence-corrected chi connectivity index (χ2v) is 9.42. The van der Waals surface area contributed by atoms with Crippen LogP contribution in [-0.2, 0) is 21.2 Å². The largest absolute Gasteiger partial charge is 0.443 e. The first-order chi connectivity index (χ1) is 14.7. The van der Waals surface area contributed by atoms with Crippen LogP contribution in [-0.4, -0.2) is 57.3 Å². The zero-order valence-electron chi connectivity index (χ0n) is 17.2. The predicted molar refractivity (Wildman–Crippen MR) is 114 cm³/mol. The maximum absolute atomic E-state index is 12.5. The van der Waals surface area contributed by atoms with Gasteiger partial charge in [-0.1, -0.05) is 54.6 Å². The standard InChI is InChI=1S/C22H26F2N2O4S/c1-31(28,29)25-19-11-6-12-26(22(27)30-15-21(23)24)20(19)14-16-7-5-10-18(13-16)17-8-3-2-4-9-17/h2-5,7-10,13,19-21,25H,6,11-12,14-15H2,1H3/t19-,20-/m1/s1. The molecule has 168 valence electrons. The molecule has 0 aliphatic carbocycles. The summed E-state index contributed by atoms with van der Waals surface area (Å²) in [5, 5.41) is 0. The molecule has 1 heterocycles. The Bertz CT molecular complexity index is 986. The Hall–Kier alpha value is -2.52. The van der Waals surface area contributed by atoms with E-state index >= 15 is 0 Å². The second-order valence-electron chi connectivity index (χ2n) is 7.64. The monoisotopic (exact) mass is 452 g/mol. The van der Waals surface area contributed by atoms with Crippen molar-refractivity contribution in [2.45, 2.75) is 37.8 Å². The first-order valence-electron chi connectivity index (χ1n) is 10.1. The fraction of sp³-hybridized carbons (Fsp3) is 0.409. The van der Waals surface area contributed by atoms with Crippen LogP contribution < -0.4 is 4.72 Å². The highest BCUT2D eigenvalue weighted by molar-refractivity contribution is 7.88. The molecule has 0 radical (unpaired) electrons. The Morgan fingerprint density at radius 3 is 2.55 bits per heavy atom. The lowest BCUT2D eigenvalue weighted by Gasteiger charge is -2.40. The molecule has 1 fully saturated rings. The van der Waals surface area contributed by atoms with Gasteiger partial charge in [0.25, 0.3) is 6.43 Å². The van der Waals surface area contributed by atoms with E-state index in [-0.39, 0.29) is 0 Å². The van der Waals surface area contributed by atoms with Gasteiger partial charge in [0.2, 0.25) is 10.0 Å². The van der Waals surface area contributed by atoms with E-state index in [2.05, 4.69) is 4.72 Å². The first kappa shape index (κ1) is 23.1. The molecule has 1 saturated heterocycles. The van der Waals surface area contributed by atoms with Crippen LogP contribution in [0.5, 0.6) is 0 Å². The van der Waals surface area contributed by atoms with Crippen LogP contribution in [0, 0.1) is 0 Å². The topological polar surface area (TPSA) is 75.7 Å². The van der Waals surface area contributed by atoms with Gasteiger partial charge in [-0.05, 0) is 36.0 Å². The minimum atomic E-state index is -3.52. The molecule has 1 aliphatic rings. The highest BCUT2D eigenvalue weighted by Gasteiger charge is 2.37. The van der Waals surface area contributed by atoms with Crippen molar-refractivity contribution in [3.8, 4) is 11.1 Å². The van der Waals surface area contributed by atoms with Crippen LogP contribution in [0.4, 0.5) is 13.6 Å². The van der Waals surface area contributed by atoms with Gasteiger partial charge in [0.05, 0.1) is 12.3 Å². The Morgan fingerprint density at radius 1 is 1.16 bits per heavy atom. The minimum absolute atomic E-state index is 0.313. The van der Waals surface area contributed by atoms with E-state index in [4.69, 9.17) is 4.74 Å². The predicted octanol–water partition coefficient (Wildman–Crippen LogP) is 3.68. The molecule has 0 spiro atoms. The van der Waals surface area contributed by atoms with E-state index in [0.29, 0.717) is 25.8 Å². The molecule has 0 aromatic heterocycles. The molecular formula is C22H26F2N2O4S. The van der Waals surface area contributed by atoms with Gasteiger partial charge in [-0.3, -0.25) is 0 Å². The Morgan fingerprint density at radius 2 is 1.87 bits per heavy atom. The Balaban J connectivity index is 1.86. The summed E-state index contributed by atoms with van der Waals surface area (Å²) in [7, 11) is -3.52. The Labute approximate surface area is 181 Å². The summed E-state index contributed by atoms with van der Waals surface area (Å²) in [6, 6.07) is 16.5. The number of hydrogen-bond donors (Lipinski definition) is 1. The van der Waals surface area contributed by atoms with Gasteiger partial charge in [-0.15, -0.1) is 0 Å². The lowest BCUT2D eigenvalue weighted by atomic mass is 9.90. The number of halogens is 2. The normalized spacial score (nSPS) is 19.4. The number of sulfonamides is 1. The molecule has 0 bridgehead atoms. The van der Waals surface area contributed by atoms with Crippen molar-refractivity contribution >= 4 is 16.1 Å². The van der Waals surface area contributed by atoms with Crippen molar-refractivity contribution in [2.75, 3.05) is 19.4 Å². The van der Waals surface area contributed by atoms with E-state index in [0.717, 1.165) is 22.9 Å². The number of carbonyl (C=O) groups is 1. The summed E-state index contributed by atoms with van der Waals surface area (Å²) in [5.41, 5.74) is 2.93. The molecule has 6 nitrogen and oxygen atoms in total. The van der Waals surface area contributed by atoms with E-state index in [1.807, 2.05) is 54.6 Å². The summed E-state index contributed by atoms with van der Waals surface area (Å²) < 4.78 is 56.2. The van der Waals surface area contributed by atoms with E-state index in [9.17, 15) is 22.0 Å². The first-order valence-corrected chi connectivity index (χ1v) is 12.0. The number of amides is 1. The van der Waals surface area contributed by atoms with Crippen molar-refractivity contribution in [3.05, 3.63) is 60.2 Å². The highest BCUT2D eigenvalue weighted by Crippen LogP contribution is 2.26. The summed E-state index contributed by atoms with van der Waals surface area (Å²) in [6.07, 6.45) is -1.12. The molecule has 1 aliphatic heterocycles. The lowest BCUT2D eigenvalue weighted by Crippen LogP contribution is -2.58. The summed E-state index contributed by atoms with van der Waals surface area (Å²) in [6.45, 7) is -0.678. The smallest absolute Gasteiger partial charge is 0.410 e. The molecule has 9 heteroatoms. The average molecular weight is 453 g/mol. The quantitative estimate of drug-likeness (QED) is 0.696. The number of nitrogens with one attached hydrogen (secondary N) is 1. The van der Waals surface area contributed by atoms with Crippen LogP contribution in [0.2, 0.25) is 0 Å². The second kappa shape index (κ2) is 10.2. The number of likely N-dealkylation sites (tertiary alicyclic amines) is 1. The van der Waals surface area contributed by atoms with Gasteiger partial charge in [0.1, 0.15) is 0 Å². The van der Waals surface area contributed by atoms with Crippen LogP contribution in [0.3, 0.4) is 0 Å². The number of rotatable bonds is 7. The maximum Gasteiger partial charge on any atom is 0.410 e. The molecule has 1 N–H and O–H groups in total. The van der Waals surface area contributed by atoms with E-state index < -0.39 is 41.2 Å². The third kappa shape index (κ3) is 6.73. The molecule has 0 saturated carbocycles. The zero-order valence-corrected chi connectivity index (χ0v) is 18.0. The van der Waals surface area contributed by atoms with E-state index in [1.54, 1.807) is 0 Å². The summed E-state index contributed by atoms with van der Waals surface area (Å²) in [5.74, 6) is 0. The van der Waals surface area contributed by atoms with Crippen LogP contribution in [0.1, 0.15) is 18.4 Å². The van der Waals surface area contributed by atoms with E-state index in [1.165, 1.54) is 4.90 Å². The summed E-state index contributed by atoms with van der Waals surface area (Å²) >= 11 is 0. The number of benzene rings is 2. The number of carbonyl (C=O) groups excluding carboxylic acids is 1. The van der Waals surface area contributed by atoms with Gasteiger partial charge in [-0.2, -0.15) is 0 Å². The number of alkyl halides is 2. The SMILES string of the molecule is CS(=O)(=O)N[C@@H]1CCCN(C(=O)OCC(F)F)[C@@H]1Cc1cccc(-c2ccccc2)c1. The van der Waals surface area contributed by atoms with Gasteiger partial charge < -0.3 is 9.64 Å². The fourth-order valence-corrected chi connectivity index (χ4v) is 4.74. The molecular weight excluding hydrogens is 426 g/mol. The summed E-state index contributed by atoms with van der Waals surface area (Å²) in [4.78, 5) is 13.9. The Kier molecular flexibility index (Phi) is 7.61. The number of ether oxygens (including phenoxy) is 1. The van der Waals surface area contributed by atoms with Gasteiger partial charge in [-0.25, -0.2) is 26.7 Å². The van der Waals surface area contributed by atoms with Crippen molar-refractivity contribution in [2.24, 2.45) is 0 Å². The van der Waals surface area contributed by atoms with Gasteiger partial charge in [0.15, 0.2) is 6.61 Å². The minimum Gasteiger partial charge on any atom is -0.443 e. The third-order valence-corrected chi connectivity index (χ3v) is 5.92.